The van der Waals surface area contributed by atoms with Gasteiger partial charge in [-0.1, -0.05) is 28.7 Å². The van der Waals surface area contributed by atoms with Gasteiger partial charge in [-0.2, -0.15) is 4.98 Å². The third kappa shape index (κ3) is 2.01. The monoisotopic (exact) mass is 201 g/mol. The van der Waals surface area contributed by atoms with Crippen LogP contribution < -0.4 is 0 Å². The minimum Gasteiger partial charge on any atom is -0.339 e. The van der Waals surface area contributed by atoms with Crippen molar-refractivity contribution in [1.29, 1.82) is 0 Å². The van der Waals surface area contributed by atoms with Gasteiger partial charge in [-0.3, -0.25) is 4.99 Å². The molecule has 4 nitrogen and oxygen atoms in total. The van der Waals surface area contributed by atoms with Crippen LogP contribution in [0.3, 0.4) is 0 Å². The Labute approximate surface area is 78.2 Å². The van der Waals surface area contributed by atoms with Crippen molar-refractivity contribution in [1.82, 2.24) is 10.1 Å². The standard InChI is InChI=1S/C6H7N3OS2/c1-2-11-6(7-1)12-3-5-8-4-9-10-5/h4H,1-3H2. The molecule has 0 aliphatic carbocycles. The van der Waals surface area contributed by atoms with Crippen LogP contribution in [0, 0.1) is 0 Å². The van der Waals surface area contributed by atoms with Crippen LogP contribution in [-0.4, -0.2) is 26.8 Å². The van der Waals surface area contributed by atoms with Gasteiger partial charge in [0.1, 0.15) is 4.38 Å². The average Bonchev–Trinajstić information content (AvgIpc) is 2.74. The van der Waals surface area contributed by atoms with Gasteiger partial charge in [0.25, 0.3) is 0 Å². The van der Waals surface area contributed by atoms with Gasteiger partial charge < -0.3 is 4.52 Å². The van der Waals surface area contributed by atoms with Gasteiger partial charge >= 0.3 is 0 Å². The Morgan fingerprint density at radius 1 is 1.67 bits per heavy atom. The molecule has 1 aliphatic rings. The van der Waals surface area contributed by atoms with E-state index in [1.165, 1.54) is 6.33 Å². The second-order valence-corrected chi connectivity index (χ2v) is 4.43. The Balaban J connectivity index is 1.82. The lowest BCUT2D eigenvalue weighted by Gasteiger charge is -1.93. The summed E-state index contributed by atoms with van der Waals surface area (Å²) < 4.78 is 5.98. The molecular weight excluding hydrogens is 194 g/mol. The molecule has 1 aromatic heterocycles. The molecule has 6 heteroatoms. The van der Waals surface area contributed by atoms with E-state index in [9.17, 15) is 0 Å². The average molecular weight is 201 g/mol. The number of hydrogen-bond acceptors (Lipinski definition) is 6. The highest BCUT2D eigenvalue weighted by Crippen LogP contribution is 2.24. The second-order valence-electron chi connectivity index (χ2n) is 2.12. The normalized spacial score (nSPS) is 16.5. The van der Waals surface area contributed by atoms with Crippen molar-refractivity contribution in [3.8, 4) is 0 Å². The zero-order valence-corrected chi connectivity index (χ0v) is 7.90. The van der Waals surface area contributed by atoms with E-state index in [1.54, 1.807) is 23.5 Å². The van der Waals surface area contributed by atoms with Gasteiger partial charge in [0.15, 0.2) is 6.33 Å². The van der Waals surface area contributed by atoms with E-state index in [-0.39, 0.29) is 0 Å². The third-order valence-electron chi connectivity index (χ3n) is 1.28. The Morgan fingerprint density at radius 3 is 3.33 bits per heavy atom. The molecule has 0 unspecified atom stereocenters. The fraction of sp³-hybridized carbons (Fsp3) is 0.500. The maximum atomic E-state index is 4.85. The summed E-state index contributed by atoms with van der Waals surface area (Å²) >= 11 is 3.45. The molecule has 64 valence electrons. The number of aliphatic imine (C=N–C) groups is 1. The predicted octanol–water partition coefficient (Wildman–Crippen LogP) is 1.41. The Kier molecular flexibility index (Phi) is 2.68. The summed E-state index contributed by atoms with van der Waals surface area (Å²) in [6.07, 6.45) is 1.42. The number of hydrogen-bond donors (Lipinski definition) is 0. The summed E-state index contributed by atoms with van der Waals surface area (Å²) in [5.74, 6) is 2.49. The van der Waals surface area contributed by atoms with Crippen LogP contribution in [0.2, 0.25) is 0 Å². The highest BCUT2D eigenvalue weighted by atomic mass is 32.2. The molecule has 0 fully saturated rings. The maximum absolute atomic E-state index is 4.85. The smallest absolute Gasteiger partial charge is 0.236 e. The van der Waals surface area contributed by atoms with Gasteiger partial charge in [-0.25, -0.2) is 0 Å². The van der Waals surface area contributed by atoms with Crippen LogP contribution in [0.25, 0.3) is 0 Å². The molecule has 0 bridgehead atoms. The van der Waals surface area contributed by atoms with E-state index in [0.717, 1.165) is 22.4 Å². The first-order valence-electron chi connectivity index (χ1n) is 3.51. The van der Waals surface area contributed by atoms with Gasteiger partial charge in [0, 0.05) is 5.75 Å². The fourth-order valence-corrected chi connectivity index (χ4v) is 2.64. The van der Waals surface area contributed by atoms with Crippen molar-refractivity contribution in [3.05, 3.63) is 12.2 Å². The molecule has 0 aromatic carbocycles. The topological polar surface area (TPSA) is 51.3 Å². The molecule has 12 heavy (non-hydrogen) atoms. The summed E-state index contributed by atoms with van der Waals surface area (Å²) in [5.41, 5.74) is 0. The largest absolute Gasteiger partial charge is 0.339 e. The van der Waals surface area contributed by atoms with Crippen LogP contribution in [0.4, 0.5) is 0 Å². The fourth-order valence-electron chi connectivity index (χ4n) is 0.786. The van der Waals surface area contributed by atoms with Crippen molar-refractivity contribution in [2.45, 2.75) is 5.75 Å². The van der Waals surface area contributed by atoms with Crippen LogP contribution >= 0.6 is 23.5 Å². The maximum Gasteiger partial charge on any atom is 0.236 e. The van der Waals surface area contributed by atoms with E-state index in [0.29, 0.717) is 5.89 Å². The lowest BCUT2D eigenvalue weighted by molar-refractivity contribution is 0.390. The first-order valence-corrected chi connectivity index (χ1v) is 5.48. The molecule has 2 heterocycles. The molecule has 2 rings (SSSR count). The summed E-state index contributed by atoms with van der Waals surface area (Å²) in [5, 5.41) is 3.52. The van der Waals surface area contributed by atoms with Crippen LogP contribution in [0.15, 0.2) is 15.8 Å². The van der Waals surface area contributed by atoms with E-state index in [1.807, 2.05) is 0 Å². The molecule has 1 aromatic rings. The number of nitrogens with zero attached hydrogens (tertiary/aromatic N) is 3. The Morgan fingerprint density at radius 2 is 2.67 bits per heavy atom. The second kappa shape index (κ2) is 3.95. The van der Waals surface area contributed by atoms with E-state index < -0.39 is 0 Å². The Hall–Kier alpha value is -0.490. The molecule has 0 spiro atoms. The predicted molar refractivity (Wildman–Crippen MR) is 50.4 cm³/mol. The molecule has 0 atom stereocenters. The lowest BCUT2D eigenvalue weighted by atomic mass is 10.8. The van der Waals surface area contributed by atoms with Crippen LogP contribution in [0.5, 0.6) is 0 Å². The highest BCUT2D eigenvalue weighted by Gasteiger charge is 2.09. The number of aromatic nitrogens is 2. The number of rotatable bonds is 2. The molecule has 1 aliphatic heterocycles. The van der Waals surface area contributed by atoms with Gasteiger partial charge in [0.05, 0.1) is 12.3 Å². The van der Waals surface area contributed by atoms with Crippen LogP contribution in [-0.2, 0) is 5.75 Å². The van der Waals surface area contributed by atoms with E-state index in [4.69, 9.17) is 4.52 Å². The summed E-state index contributed by atoms with van der Waals surface area (Å²) in [6.45, 7) is 0.941. The van der Waals surface area contributed by atoms with E-state index in [2.05, 4.69) is 15.1 Å². The zero-order chi connectivity index (χ0) is 8.23. The highest BCUT2D eigenvalue weighted by molar-refractivity contribution is 8.38. The van der Waals surface area contributed by atoms with Crippen molar-refractivity contribution in [3.63, 3.8) is 0 Å². The zero-order valence-electron chi connectivity index (χ0n) is 6.27. The van der Waals surface area contributed by atoms with Crippen molar-refractivity contribution < 1.29 is 4.52 Å². The van der Waals surface area contributed by atoms with E-state index >= 15 is 0 Å². The first-order chi connectivity index (χ1) is 5.95. The van der Waals surface area contributed by atoms with Gasteiger partial charge in [-0.15, -0.1) is 0 Å². The quantitative estimate of drug-likeness (QED) is 0.724. The van der Waals surface area contributed by atoms with Crippen LogP contribution in [0.1, 0.15) is 5.89 Å². The molecule has 0 radical (unpaired) electrons. The molecule has 0 amide bonds. The summed E-state index contributed by atoms with van der Waals surface area (Å²) in [6, 6.07) is 0. The Bertz CT molecular complexity index is 272. The molecule has 0 saturated heterocycles. The number of thioether (sulfide) groups is 2. The summed E-state index contributed by atoms with van der Waals surface area (Å²) in [4.78, 5) is 8.20. The minimum absolute atomic E-state index is 0.662. The molecule has 0 saturated carbocycles. The summed E-state index contributed by atoms with van der Waals surface area (Å²) in [7, 11) is 0. The first kappa shape index (κ1) is 8.12. The minimum atomic E-state index is 0.662. The SMILES string of the molecule is c1noc(CSC2=NCCS2)n1. The van der Waals surface area contributed by atoms with Crippen molar-refractivity contribution >= 4 is 27.9 Å². The molecule has 0 N–H and O–H groups in total. The van der Waals surface area contributed by atoms with Gasteiger partial charge in [-0.05, 0) is 0 Å². The van der Waals surface area contributed by atoms with Gasteiger partial charge in [0.2, 0.25) is 5.89 Å². The molecular formula is C6H7N3OS2. The van der Waals surface area contributed by atoms with Crippen molar-refractivity contribution in [2.24, 2.45) is 4.99 Å². The van der Waals surface area contributed by atoms with Crippen molar-refractivity contribution in [2.75, 3.05) is 12.3 Å². The third-order valence-corrected chi connectivity index (χ3v) is 3.52. The lowest BCUT2D eigenvalue weighted by Crippen LogP contribution is -1.83.